The molecular formula is C5H11OSn+3. The second-order valence-corrected chi connectivity index (χ2v) is 2.80. The number of rotatable bonds is 2. The van der Waals surface area contributed by atoms with Crippen LogP contribution < -0.4 is 0 Å². The van der Waals surface area contributed by atoms with Gasteiger partial charge >= 0.3 is 58.8 Å². The summed E-state index contributed by atoms with van der Waals surface area (Å²) in [6, 6.07) is 0. The molecule has 0 rings (SSSR count). The zero-order valence-electron chi connectivity index (χ0n) is 5.12. The van der Waals surface area contributed by atoms with Gasteiger partial charge in [0.1, 0.15) is 0 Å². The van der Waals surface area contributed by atoms with Crippen LogP contribution in [0.1, 0.15) is 27.2 Å². The van der Waals surface area contributed by atoms with Crippen LogP contribution in [-0.4, -0.2) is 28.5 Å². The zero-order chi connectivity index (χ0) is 5.91. The van der Waals surface area contributed by atoms with Crippen LogP contribution in [0.2, 0.25) is 0 Å². The second-order valence-electron chi connectivity index (χ2n) is 2.22. The molecule has 0 radical (unpaired) electrons. The fourth-order valence-electron chi connectivity index (χ4n) is 0.0722. The van der Waals surface area contributed by atoms with Gasteiger partial charge in [-0.1, -0.05) is 0 Å². The Labute approximate surface area is 59.1 Å². The molecule has 1 nitrogen and oxygen atoms in total. The van der Waals surface area contributed by atoms with Gasteiger partial charge in [-0.25, -0.2) is 0 Å². The minimum absolute atomic E-state index is 0.123. The van der Waals surface area contributed by atoms with E-state index in [1.165, 1.54) is 22.9 Å². The van der Waals surface area contributed by atoms with Crippen LogP contribution in [0.5, 0.6) is 0 Å². The van der Waals surface area contributed by atoms with Gasteiger partial charge in [-0.3, -0.25) is 0 Å². The van der Waals surface area contributed by atoms with E-state index in [4.69, 9.17) is 3.07 Å². The normalized spacial score (nSPS) is 12.1. The first-order valence-electron chi connectivity index (χ1n) is 2.47. The van der Waals surface area contributed by atoms with Gasteiger partial charge in [0.15, 0.2) is 0 Å². The van der Waals surface area contributed by atoms with Gasteiger partial charge in [0.2, 0.25) is 0 Å². The topological polar surface area (TPSA) is 9.23 Å². The van der Waals surface area contributed by atoms with Gasteiger partial charge in [0.05, 0.1) is 0 Å². The molecule has 2 heteroatoms. The summed E-state index contributed by atoms with van der Waals surface area (Å²) >= 11 is 1.17. The Kier molecular flexibility index (Phi) is 3.24. The van der Waals surface area contributed by atoms with Crippen molar-refractivity contribution in [2.24, 2.45) is 0 Å². The van der Waals surface area contributed by atoms with Crippen molar-refractivity contribution in [1.82, 2.24) is 0 Å². The molecule has 0 N–H and O–H groups in total. The molecule has 0 aliphatic heterocycles. The van der Waals surface area contributed by atoms with E-state index in [-0.39, 0.29) is 5.60 Å². The third-order valence-corrected chi connectivity index (χ3v) is 2.70. The Bertz CT molecular complexity index is 46.0. The summed E-state index contributed by atoms with van der Waals surface area (Å²) in [7, 11) is 0. The van der Waals surface area contributed by atoms with E-state index in [0.29, 0.717) is 0 Å². The first-order valence-corrected chi connectivity index (χ1v) is 3.63. The third kappa shape index (κ3) is 3.35. The first-order chi connectivity index (χ1) is 3.12. The van der Waals surface area contributed by atoms with Crippen LogP contribution in [0.3, 0.4) is 0 Å². The van der Waals surface area contributed by atoms with Gasteiger partial charge in [-0.2, -0.15) is 0 Å². The predicted octanol–water partition coefficient (Wildman–Crippen LogP) is 1.28. The summed E-state index contributed by atoms with van der Waals surface area (Å²) in [5.74, 6) is 0. The number of hydrogen-bond donors (Lipinski definition) is 0. The summed E-state index contributed by atoms with van der Waals surface area (Å²) in [5, 5.41) is 0. The van der Waals surface area contributed by atoms with Gasteiger partial charge in [-0.05, 0) is 0 Å². The first kappa shape index (κ1) is 7.76. The SMILES string of the molecule is CCC(C)(C)[O][Sn+3]. The van der Waals surface area contributed by atoms with Gasteiger partial charge in [0, 0.05) is 0 Å². The van der Waals surface area contributed by atoms with E-state index in [2.05, 4.69) is 20.8 Å². The van der Waals surface area contributed by atoms with Crippen LogP contribution >= 0.6 is 0 Å². The summed E-state index contributed by atoms with van der Waals surface area (Å²) < 4.78 is 5.18. The fourth-order valence-corrected chi connectivity index (χ4v) is 0.484. The van der Waals surface area contributed by atoms with Crippen molar-refractivity contribution in [1.29, 1.82) is 0 Å². The summed E-state index contributed by atoms with van der Waals surface area (Å²) in [6.07, 6.45) is 1.10. The Morgan fingerprint density at radius 3 is 2.00 bits per heavy atom. The molecule has 0 unspecified atom stereocenters. The molecule has 0 spiro atoms. The van der Waals surface area contributed by atoms with Crippen LogP contribution in [-0.2, 0) is 3.07 Å². The van der Waals surface area contributed by atoms with Crippen LogP contribution in [0, 0.1) is 0 Å². The van der Waals surface area contributed by atoms with Crippen molar-refractivity contribution in [3.05, 3.63) is 0 Å². The molecule has 0 amide bonds. The summed E-state index contributed by atoms with van der Waals surface area (Å²) in [4.78, 5) is 0. The van der Waals surface area contributed by atoms with E-state index in [0.717, 1.165) is 6.42 Å². The monoisotopic (exact) mass is 207 g/mol. The fraction of sp³-hybridized carbons (Fsp3) is 1.00. The van der Waals surface area contributed by atoms with Crippen molar-refractivity contribution in [2.75, 3.05) is 0 Å². The van der Waals surface area contributed by atoms with E-state index in [9.17, 15) is 0 Å². The molecule has 0 aliphatic rings. The van der Waals surface area contributed by atoms with E-state index >= 15 is 0 Å². The Hall–Kier alpha value is 0.759. The van der Waals surface area contributed by atoms with Gasteiger partial charge in [0.25, 0.3) is 0 Å². The average molecular weight is 206 g/mol. The number of hydrogen-bond acceptors (Lipinski definition) is 1. The average Bonchev–Trinajstić information content (AvgIpc) is 1.68. The summed E-state index contributed by atoms with van der Waals surface area (Å²) in [5.41, 5.74) is 0.123. The quantitative estimate of drug-likeness (QED) is 0.618. The molecular weight excluding hydrogens is 195 g/mol. The maximum absolute atomic E-state index is 5.18. The molecule has 0 heterocycles. The molecule has 0 aromatic heterocycles. The van der Waals surface area contributed by atoms with Crippen LogP contribution in [0.25, 0.3) is 0 Å². The Balaban J connectivity index is 3.36. The second kappa shape index (κ2) is 2.92. The minimum atomic E-state index is 0.123. The van der Waals surface area contributed by atoms with E-state index in [1.807, 2.05) is 0 Å². The molecule has 0 aromatic rings. The Morgan fingerprint density at radius 1 is 1.57 bits per heavy atom. The molecule has 0 saturated carbocycles. The third-order valence-electron chi connectivity index (χ3n) is 1.13. The van der Waals surface area contributed by atoms with Crippen molar-refractivity contribution < 1.29 is 3.07 Å². The maximum atomic E-state index is 5.18. The Morgan fingerprint density at radius 2 is 2.00 bits per heavy atom. The van der Waals surface area contributed by atoms with Crippen molar-refractivity contribution >= 4 is 22.9 Å². The van der Waals surface area contributed by atoms with Crippen molar-refractivity contribution in [2.45, 2.75) is 32.8 Å². The molecule has 0 fully saturated rings. The molecule has 0 saturated heterocycles. The van der Waals surface area contributed by atoms with Crippen LogP contribution in [0.4, 0.5) is 0 Å². The summed E-state index contributed by atoms with van der Waals surface area (Å²) in [6.45, 7) is 6.33. The van der Waals surface area contributed by atoms with Gasteiger partial charge in [-0.15, -0.1) is 0 Å². The van der Waals surface area contributed by atoms with E-state index in [1.54, 1.807) is 0 Å². The molecule has 38 valence electrons. The molecule has 0 atom stereocenters. The van der Waals surface area contributed by atoms with Crippen molar-refractivity contribution in [3.8, 4) is 0 Å². The van der Waals surface area contributed by atoms with Gasteiger partial charge < -0.3 is 0 Å². The van der Waals surface area contributed by atoms with Crippen LogP contribution in [0.15, 0.2) is 0 Å². The molecule has 0 aliphatic carbocycles. The van der Waals surface area contributed by atoms with E-state index < -0.39 is 0 Å². The zero-order valence-corrected chi connectivity index (χ0v) is 7.97. The van der Waals surface area contributed by atoms with Crippen molar-refractivity contribution in [3.63, 3.8) is 0 Å². The molecule has 0 aromatic carbocycles. The predicted molar refractivity (Wildman–Crippen MR) is 31.2 cm³/mol. The molecule has 0 bridgehead atoms. The standard InChI is InChI=1S/C5H11O.Sn/c1-4-5(2,3)6;/h4H2,1-3H3;/q-1;+4. The molecule has 7 heavy (non-hydrogen) atoms.